The molecule has 10 N–H and O–H groups in total. The van der Waals surface area contributed by atoms with E-state index >= 15 is 0 Å². The van der Waals surface area contributed by atoms with Crippen LogP contribution in [-0.4, -0.2) is 139 Å². The van der Waals surface area contributed by atoms with Gasteiger partial charge in [-0.1, -0.05) is 12.1 Å². The molecule has 18 nitrogen and oxygen atoms in total. The van der Waals surface area contributed by atoms with Crippen molar-refractivity contribution in [3.63, 3.8) is 0 Å². The Morgan fingerprint density at radius 2 is 1.36 bits per heavy atom. The van der Waals surface area contributed by atoms with Gasteiger partial charge in [0.1, 0.15) is 78.1 Å². The molecular formula is C37H39O18+. The SMILES string of the molecule is COc1cc(-c2[o+]c3cc(O)cc(O[C@@H]4OC(CO)[C@@H](O)[C@H](O)C4O)c3cc2O[C@@H]2OC(COC(=O)/C=C/c3ccc(O)cc3)[C@@H](O)C(O)C2O)ccc1O. The maximum Gasteiger partial charge on any atom is 0.402 e. The van der Waals surface area contributed by atoms with Crippen LogP contribution >= 0.6 is 0 Å². The third-order valence-electron chi connectivity index (χ3n) is 8.94. The standard InChI is InChI=1S/C37H38O18/c1-49-24-10-17(5-8-21(24)41)35-25(13-20-22(51-35)11-19(40)12-23(20)52-36-33(47)31(45)29(43)26(14-38)54-36)53-37-34(48)32(46)30(44)27(55-37)15-50-28(42)9-4-16-2-6-18(39)7-3-16/h2-13,26-27,29-34,36-38,43-48H,14-15H2,1H3,(H2-,39,40,41,42)/p+1/t26?,27?,29-,30-,31+,32?,33?,34?,36-,37-/m1/s1. The third-order valence-corrected chi connectivity index (χ3v) is 8.94. The molecule has 0 radical (unpaired) electrons. The zero-order valence-corrected chi connectivity index (χ0v) is 28.9. The third kappa shape index (κ3) is 8.52. The zero-order valence-electron chi connectivity index (χ0n) is 28.9. The molecule has 5 unspecified atom stereocenters. The second-order valence-corrected chi connectivity index (χ2v) is 12.7. The number of aliphatic hydroxyl groups is 7. The summed E-state index contributed by atoms with van der Waals surface area (Å²) in [6.07, 6.45) is -14.4. The van der Waals surface area contributed by atoms with E-state index in [1.165, 1.54) is 55.7 Å². The van der Waals surface area contributed by atoms with Crippen LogP contribution in [0.3, 0.4) is 0 Å². The van der Waals surface area contributed by atoms with Crippen LogP contribution in [0.1, 0.15) is 5.56 Å². The van der Waals surface area contributed by atoms with E-state index in [-0.39, 0.29) is 51.0 Å². The highest BCUT2D eigenvalue weighted by molar-refractivity contribution is 5.89. The van der Waals surface area contributed by atoms with Crippen molar-refractivity contribution >= 4 is 23.0 Å². The zero-order chi connectivity index (χ0) is 39.6. The summed E-state index contributed by atoms with van der Waals surface area (Å²) < 4.78 is 39.8. The van der Waals surface area contributed by atoms with Crippen molar-refractivity contribution in [1.29, 1.82) is 0 Å². The van der Waals surface area contributed by atoms with E-state index in [9.17, 15) is 55.9 Å². The first-order valence-corrected chi connectivity index (χ1v) is 16.8. The normalized spacial score (nSPS) is 28.2. The first-order chi connectivity index (χ1) is 26.3. The molecule has 2 aliphatic rings. The van der Waals surface area contributed by atoms with Crippen molar-refractivity contribution in [2.45, 2.75) is 61.4 Å². The molecule has 0 spiro atoms. The van der Waals surface area contributed by atoms with Crippen molar-refractivity contribution < 1.29 is 88.7 Å². The van der Waals surface area contributed by atoms with E-state index in [2.05, 4.69) is 0 Å². The summed E-state index contributed by atoms with van der Waals surface area (Å²) in [6.45, 7) is -1.33. The topological polar surface area (TPSA) is 286 Å². The highest BCUT2D eigenvalue weighted by Crippen LogP contribution is 2.43. The lowest BCUT2D eigenvalue weighted by molar-refractivity contribution is -0.278. The molecular weight excluding hydrogens is 732 g/mol. The molecule has 55 heavy (non-hydrogen) atoms. The fraction of sp³-hybridized carbons (Fsp3) is 0.351. The molecule has 0 aliphatic carbocycles. The molecule has 0 amide bonds. The molecule has 3 heterocycles. The lowest BCUT2D eigenvalue weighted by atomic mass is 9.99. The fourth-order valence-electron chi connectivity index (χ4n) is 5.90. The van der Waals surface area contributed by atoms with Gasteiger partial charge in [0, 0.05) is 24.3 Å². The number of benzene rings is 3. The van der Waals surface area contributed by atoms with Gasteiger partial charge in [0.05, 0.1) is 25.3 Å². The summed E-state index contributed by atoms with van der Waals surface area (Å²) in [5.41, 5.74) is 0.748. The Kier molecular flexibility index (Phi) is 11.9. The average Bonchev–Trinajstić information content (AvgIpc) is 3.17. The molecule has 2 aliphatic heterocycles. The van der Waals surface area contributed by atoms with Crippen LogP contribution in [0.4, 0.5) is 0 Å². The van der Waals surface area contributed by atoms with E-state index in [1.807, 2.05) is 0 Å². The Labute approximate surface area is 311 Å². The van der Waals surface area contributed by atoms with Gasteiger partial charge in [0.15, 0.2) is 11.5 Å². The average molecular weight is 772 g/mol. The number of esters is 1. The number of rotatable bonds is 11. The molecule has 3 aromatic carbocycles. The van der Waals surface area contributed by atoms with Gasteiger partial charge in [0.2, 0.25) is 18.3 Å². The smallest absolute Gasteiger partial charge is 0.402 e. The molecule has 6 rings (SSSR count). The number of aromatic hydroxyl groups is 3. The molecule has 10 atom stereocenters. The summed E-state index contributed by atoms with van der Waals surface area (Å²) in [5, 5.41) is 104. The van der Waals surface area contributed by atoms with Crippen LogP contribution < -0.4 is 14.2 Å². The lowest BCUT2D eigenvalue weighted by Gasteiger charge is -2.39. The number of hydrogen-bond acceptors (Lipinski definition) is 17. The van der Waals surface area contributed by atoms with E-state index < -0.39 is 86.3 Å². The van der Waals surface area contributed by atoms with Crippen molar-refractivity contribution in [2.24, 2.45) is 0 Å². The van der Waals surface area contributed by atoms with Crippen LogP contribution in [0.2, 0.25) is 0 Å². The van der Waals surface area contributed by atoms with Gasteiger partial charge in [-0.3, -0.25) is 0 Å². The van der Waals surface area contributed by atoms with Gasteiger partial charge < -0.3 is 79.5 Å². The van der Waals surface area contributed by atoms with Gasteiger partial charge in [-0.05, 0) is 35.9 Å². The largest absolute Gasteiger partial charge is 0.508 e. The first-order valence-electron chi connectivity index (χ1n) is 16.8. The highest BCUT2D eigenvalue weighted by Gasteiger charge is 2.47. The monoisotopic (exact) mass is 771 g/mol. The van der Waals surface area contributed by atoms with Gasteiger partial charge in [-0.15, -0.1) is 0 Å². The van der Waals surface area contributed by atoms with E-state index in [1.54, 1.807) is 12.1 Å². The van der Waals surface area contributed by atoms with Gasteiger partial charge in [-0.2, -0.15) is 0 Å². The fourth-order valence-corrected chi connectivity index (χ4v) is 5.90. The van der Waals surface area contributed by atoms with E-state index in [0.29, 0.717) is 5.56 Å². The molecule has 0 saturated carbocycles. The van der Waals surface area contributed by atoms with Gasteiger partial charge >= 0.3 is 17.3 Å². The summed E-state index contributed by atoms with van der Waals surface area (Å²) in [4.78, 5) is 12.5. The number of ether oxygens (including phenoxy) is 6. The lowest BCUT2D eigenvalue weighted by Crippen LogP contribution is -2.60. The minimum Gasteiger partial charge on any atom is -0.508 e. The predicted molar refractivity (Wildman–Crippen MR) is 186 cm³/mol. The Morgan fingerprint density at radius 3 is 2.02 bits per heavy atom. The Morgan fingerprint density at radius 1 is 0.727 bits per heavy atom. The molecule has 0 bridgehead atoms. The quantitative estimate of drug-likeness (QED) is 0.0551. The Hall–Kier alpha value is -5.28. The summed E-state index contributed by atoms with van der Waals surface area (Å²) >= 11 is 0. The number of hydrogen-bond donors (Lipinski definition) is 10. The first kappa shape index (κ1) is 39.4. The number of phenols is 3. The Bertz CT molecular complexity index is 2000. The van der Waals surface area contributed by atoms with Gasteiger partial charge in [-0.25, -0.2) is 9.21 Å². The minimum atomic E-state index is -1.89. The number of carbonyl (C=O) groups is 1. The second-order valence-electron chi connectivity index (χ2n) is 12.7. The van der Waals surface area contributed by atoms with Crippen molar-refractivity contribution in [3.05, 3.63) is 72.3 Å². The summed E-state index contributed by atoms with van der Waals surface area (Å²) in [7, 11) is 1.31. The van der Waals surface area contributed by atoms with Crippen LogP contribution in [-0.2, 0) is 19.0 Å². The van der Waals surface area contributed by atoms with Crippen molar-refractivity contribution in [1.82, 2.24) is 0 Å². The van der Waals surface area contributed by atoms with E-state index in [0.717, 1.165) is 12.1 Å². The highest BCUT2D eigenvalue weighted by atomic mass is 16.7. The number of aliphatic hydroxyl groups excluding tert-OH is 7. The van der Waals surface area contributed by atoms with Crippen LogP contribution in [0, 0.1) is 0 Å². The van der Waals surface area contributed by atoms with Crippen molar-refractivity contribution in [3.8, 4) is 45.8 Å². The van der Waals surface area contributed by atoms with Crippen LogP contribution in [0.5, 0.6) is 34.5 Å². The van der Waals surface area contributed by atoms with E-state index in [4.69, 9.17) is 32.8 Å². The maximum atomic E-state index is 12.5. The minimum absolute atomic E-state index is 0.0233. The Balaban J connectivity index is 1.33. The van der Waals surface area contributed by atoms with Crippen molar-refractivity contribution in [2.75, 3.05) is 20.3 Å². The predicted octanol–water partition coefficient (Wildman–Crippen LogP) is 0.128. The second kappa shape index (κ2) is 16.6. The number of methoxy groups -OCH3 is 1. The molecule has 18 heteroatoms. The number of carbonyl (C=O) groups excluding carboxylic acids is 1. The maximum absolute atomic E-state index is 12.5. The molecule has 2 saturated heterocycles. The summed E-state index contributed by atoms with van der Waals surface area (Å²) in [6, 6.07) is 13.7. The summed E-state index contributed by atoms with van der Waals surface area (Å²) in [5.74, 6) is -1.93. The van der Waals surface area contributed by atoms with Gasteiger partial charge in [0.25, 0.3) is 0 Å². The number of fused-ring (bicyclic) bond motifs is 1. The molecule has 294 valence electrons. The number of phenolic OH excluding ortho intramolecular Hbond substituents is 3. The van der Waals surface area contributed by atoms with Crippen LogP contribution in [0.15, 0.2) is 71.2 Å². The van der Waals surface area contributed by atoms with Crippen LogP contribution in [0.25, 0.3) is 28.4 Å². The molecule has 1 aromatic heterocycles. The molecule has 4 aromatic rings. The molecule has 2 fully saturated rings.